The van der Waals surface area contributed by atoms with E-state index in [9.17, 15) is 9.59 Å². The molecule has 38 heavy (non-hydrogen) atoms. The number of hydrogen-bond acceptors (Lipinski definition) is 4. The third kappa shape index (κ3) is 6.00. The van der Waals surface area contributed by atoms with Crippen LogP contribution < -0.4 is 16.0 Å². The number of carbonyl (C=O) groups excluding carboxylic acids is 2. The highest BCUT2D eigenvalue weighted by molar-refractivity contribution is 6.30. The van der Waals surface area contributed by atoms with Crippen molar-refractivity contribution in [3.05, 3.63) is 98.9 Å². The first-order valence-corrected chi connectivity index (χ1v) is 13.2. The van der Waals surface area contributed by atoms with Gasteiger partial charge in [0, 0.05) is 40.3 Å². The Bertz CT molecular complexity index is 1320. The highest BCUT2D eigenvalue weighted by atomic mass is 35.5. The zero-order chi connectivity index (χ0) is 27.4. The van der Waals surface area contributed by atoms with Crippen molar-refractivity contribution in [2.24, 2.45) is 0 Å². The van der Waals surface area contributed by atoms with Gasteiger partial charge in [0.25, 0.3) is 11.8 Å². The fourth-order valence-corrected chi connectivity index (χ4v) is 4.88. The smallest absolute Gasteiger partial charge is 0.254 e. The van der Waals surface area contributed by atoms with Crippen LogP contribution in [0.5, 0.6) is 0 Å². The van der Waals surface area contributed by atoms with Gasteiger partial charge >= 0.3 is 0 Å². The average molecular weight is 532 g/mol. The number of halogens is 1. The summed E-state index contributed by atoms with van der Waals surface area (Å²) in [6, 6.07) is 15.2. The summed E-state index contributed by atoms with van der Waals surface area (Å²) in [6.07, 6.45) is 2.68. The molecule has 7 nitrogen and oxygen atoms in total. The zero-order valence-corrected chi connectivity index (χ0v) is 23.2. The van der Waals surface area contributed by atoms with E-state index in [-0.39, 0.29) is 17.0 Å². The molecule has 1 aliphatic heterocycles. The number of aromatic amines is 1. The molecule has 0 atom stereocenters. The first kappa shape index (κ1) is 27.2. The van der Waals surface area contributed by atoms with Crippen molar-refractivity contribution in [2.75, 3.05) is 10.6 Å². The summed E-state index contributed by atoms with van der Waals surface area (Å²) in [5.41, 5.74) is 6.12. The summed E-state index contributed by atoms with van der Waals surface area (Å²) in [5.74, 6) is -0.657. The molecule has 1 aliphatic rings. The maximum absolute atomic E-state index is 13.8. The molecule has 3 aromatic rings. The van der Waals surface area contributed by atoms with Gasteiger partial charge in [0.15, 0.2) is 5.15 Å². The average Bonchev–Trinajstić information content (AvgIpc) is 3.24. The molecule has 2 amide bonds. The summed E-state index contributed by atoms with van der Waals surface area (Å²) in [7, 11) is 0. The van der Waals surface area contributed by atoms with Gasteiger partial charge < -0.3 is 20.9 Å². The number of nitrogens with one attached hydrogen (secondary N) is 4. The highest BCUT2D eigenvalue weighted by Gasteiger charge is 2.39. The molecular weight excluding hydrogens is 498 g/mol. The Morgan fingerprint density at radius 1 is 0.842 bits per heavy atom. The molecule has 2 heterocycles. The van der Waals surface area contributed by atoms with Crippen LogP contribution in [-0.4, -0.2) is 21.8 Å². The lowest BCUT2D eigenvalue weighted by Gasteiger charge is -2.30. The standard InChI is InChI=1S/C30H34ClN5O2/c1-6-7-8-23-35-27(28(31)36-23)26-24(29(37)33-21-13-9-17(2)10-14-21)19(4)32-20(5)25(26)30(38)34-22-15-11-18(3)12-16-22/h9-16,26,32H,6-8H2,1-5H3,(H,33,37)(H,34,38)(H,35,36). The second-order valence-corrected chi connectivity index (χ2v) is 10.1. The number of aromatic nitrogens is 2. The van der Waals surface area contributed by atoms with Crippen molar-refractivity contribution in [3.63, 3.8) is 0 Å². The molecule has 0 spiro atoms. The Labute approximate surface area is 228 Å². The molecule has 8 heteroatoms. The van der Waals surface area contributed by atoms with Gasteiger partial charge in [-0.3, -0.25) is 9.59 Å². The molecule has 0 radical (unpaired) electrons. The van der Waals surface area contributed by atoms with Crippen molar-refractivity contribution < 1.29 is 9.59 Å². The number of dihydropyridines is 1. The van der Waals surface area contributed by atoms with Crippen LogP contribution in [0, 0.1) is 13.8 Å². The number of carbonyl (C=O) groups is 2. The van der Waals surface area contributed by atoms with Gasteiger partial charge in [0.1, 0.15) is 5.82 Å². The number of anilines is 2. The summed E-state index contributed by atoms with van der Waals surface area (Å²) < 4.78 is 0. The molecule has 0 saturated heterocycles. The monoisotopic (exact) mass is 531 g/mol. The normalized spacial score (nSPS) is 13.9. The number of amides is 2. The number of rotatable bonds is 8. The van der Waals surface area contributed by atoms with E-state index < -0.39 is 5.92 Å². The number of benzene rings is 2. The third-order valence-corrected chi connectivity index (χ3v) is 6.95. The Balaban J connectivity index is 1.77. The topological polar surface area (TPSA) is 98.9 Å². The fraction of sp³-hybridized carbons (Fsp3) is 0.300. The minimum Gasteiger partial charge on any atom is -0.362 e. The lowest BCUT2D eigenvalue weighted by atomic mass is 9.82. The van der Waals surface area contributed by atoms with E-state index >= 15 is 0 Å². The molecule has 0 bridgehead atoms. The number of nitrogens with zero attached hydrogens (tertiary/aromatic N) is 1. The summed E-state index contributed by atoms with van der Waals surface area (Å²) in [5, 5.41) is 9.49. The van der Waals surface area contributed by atoms with Crippen LogP contribution in [0.25, 0.3) is 0 Å². The van der Waals surface area contributed by atoms with Crippen LogP contribution in [-0.2, 0) is 16.0 Å². The number of unbranched alkanes of at least 4 members (excludes halogenated alkanes) is 1. The van der Waals surface area contributed by atoms with Crippen LogP contribution in [0.1, 0.15) is 62.2 Å². The molecular formula is C30H34ClN5O2. The predicted octanol–water partition coefficient (Wildman–Crippen LogP) is 6.53. The van der Waals surface area contributed by atoms with Gasteiger partial charge in [-0.15, -0.1) is 0 Å². The van der Waals surface area contributed by atoms with Crippen molar-refractivity contribution in [2.45, 2.75) is 59.8 Å². The number of H-pyrrole nitrogens is 1. The van der Waals surface area contributed by atoms with Crippen LogP contribution in [0.3, 0.4) is 0 Å². The van der Waals surface area contributed by atoms with Gasteiger partial charge in [-0.2, -0.15) is 0 Å². The minimum absolute atomic E-state index is 0.255. The van der Waals surface area contributed by atoms with Crippen molar-refractivity contribution >= 4 is 34.8 Å². The molecule has 2 aromatic carbocycles. The van der Waals surface area contributed by atoms with E-state index in [0.717, 1.165) is 36.2 Å². The third-order valence-electron chi connectivity index (χ3n) is 6.66. The van der Waals surface area contributed by atoms with Gasteiger partial charge in [-0.1, -0.05) is 60.3 Å². The van der Waals surface area contributed by atoms with Gasteiger partial charge in [0.05, 0.1) is 11.6 Å². The van der Waals surface area contributed by atoms with E-state index in [2.05, 4.69) is 32.8 Å². The van der Waals surface area contributed by atoms with E-state index in [1.165, 1.54) is 0 Å². The second-order valence-electron chi connectivity index (χ2n) is 9.77. The number of imidazole rings is 1. The Morgan fingerprint density at radius 2 is 1.32 bits per heavy atom. The quantitative estimate of drug-likeness (QED) is 0.265. The first-order chi connectivity index (χ1) is 18.2. The molecule has 0 unspecified atom stereocenters. The Morgan fingerprint density at radius 3 is 1.76 bits per heavy atom. The largest absolute Gasteiger partial charge is 0.362 e. The fourth-order valence-electron chi connectivity index (χ4n) is 4.62. The SMILES string of the molecule is CCCCc1nc(Cl)c(C2C(C(=O)Nc3ccc(C)cc3)=C(C)NC(C)=C2C(=O)Nc2ccc(C)cc2)[nH]1. The predicted molar refractivity (Wildman–Crippen MR) is 153 cm³/mol. The molecule has 0 aliphatic carbocycles. The van der Waals surface area contributed by atoms with E-state index in [1.54, 1.807) is 0 Å². The Kier molecular flexibility index (Phi) is 8.37. The van der Waals surface area contributed by atoms with E-state index in [4.69, 9.17) is 11.6 Å². The zero-order valence-electron chi connectivity index (χ0n) is 22.5. The summed E-state index contributed by atoms with van der Waals surface area (Å²) in [4.78, 5) is 35.4. The van der Waals surface area contributed by atoms with Crippen LogP contribution in [0.15, 0.2) is 71.1 Å². The number of aryl methyl sites for hydroxylation is 3. The second kappa shape index (κ2) is 11.7. The summed E-state index contributed by atoms with van der Waals surface area (Å²) in [6.45, 7) is 9.75. The van der Waals surface area contributed by atoms with E-state index in [1.807, 2.05) is 76.2 Å². The van der Waals surface area contributed by atoms with Gasteiger partial charge in [-0.25, -0.2) is 4.98 Å². The molecule has 4 N–H and O–H groups in total. The van der Waals surface area contributed by atoms with Crippen molar-refractivity contribution in [1.29, 1.82) is 0 Å². The first-order valence-electron chi connectivity index (χ1n) is 12.9. The summed E-state index contributed by atoms with van der Waals surface area (Å²) >= 11 is 6.68. The van der Waals surface area contributed by atoms with Crippen molar-refractivity contribution in [3.8, 4) is 0 Å². The maximum Gasteiger partial charge on any atom is 0.254 e. The molecule has 1 aromatic heterocycles. The number of allylic oxidation sites excluding steroid dienone is 2. The number of hydrogen-bond donors (Lipinski definition) is 4. The highest BCUT2D eigenvalue weighted by Crippen LogP contribution is 2.41. The van der Waals surface area contributed by atoms with Crippen LogP contribution in [0.4, 0.5) is 11.4 Å². The van der Waals surface area contributed by atoms with Crippen LogP contribution in [0.2, 0.25) is 5.15 Å². The van der Waals surface area contributed by atoms with Gasteiger partial charge in [0.2, 0.25) is 0 Å². The minimum atomic E-state index is -0.748. The molecule has 0 fully saturated rings. The lowest BCUT2D eigenvalue weighted by molar-refractivity contribution is -0.113. The van der Waals surface area contributed by atoms with Crippen molar-refractivity contribution in [1.82, 2.24) is 15.3 Å². The maximum atomic E-state index is 13.8. The molecule has 4 rings (SSSR count). The molecule has 198 valence electrons. The van der Waals surface area contributed by atoms with Crippen LogP contribution >= 0.6 is 11.6 Å². The van der Waals surface area contributed by atoms with E-state index in [0.29, 0.717) is 39.6 Å². The molecule has 0 saturated carbocycles. The van der Waals surface area contributed by atoms with Gasteiger partial charge in [-0.05, 0) is 58.4 Å². The Hall–Kier alpha value is -3.84. The lowest BCUT2D eigenvalue weighted by Crippen LogP contribution is -2.35.